The second-order valence-electron chi connectivity index (χ2n) is 7.65. The topological polar surface area (TPSA) is 56.2 Å². The molecule has 0 radical (unpaired) electrons. The maximum absolute atomic E-state index is 12.2. The van der Waals surface area contributed by atoms with Crippen LogP contribution in [0.4, 0.5) is 4.79 Å². The van der Waals surface area contributed by atoms with E-state index in [0.717, 1.165) is 23.4 Å². The van der Waals surface area contributed by atoms with Crippen LogP contribution in [0.5, 0.6) is 0 Å². The van der Waals surface area contributed by atoms with E-state index in [1.54, 1.807) is 0 Å². The molecule has 1 amide bonds. The average Bonchev–Trinajstić information content (AvgIpc) is 3.20. The Bertz CT molecular complexity index is 1050. The van der Waals surface area contributed by atoms with Crippen LogP contribution >= 0.6 is 0 Å². The Balaban J connectivity index is 1.29. The lowest BCUT2D eigenvalue weighted by atomic mass is 9.98. The Morgan fingerprint density at radius 3 is 2.33 bits per heavy atom. The molecule has 154 valence electrons. The molecule has 4 rings (SSSR count). The molecular formula is C25H27N3O2. The number of rotatable bonds is 6. The van der Waals surface area contributed by atoms with Crippen molar-refractivity contribution in [3.8, 4) is 11.1 Å². The first-order valence-corrected chi connectivity index (χ1v) is 10.3. The van der Waals surface area contributed by atoms with Gasteiger partial charge >= 0.3 is 6.09 Å². The number of ether oxygens (including phenoxy) is 1. The third kappa shape index (κ3) is 3.88. The maximum atomic E-state index is 12.2. The fourth-order valence-electron chi connectivity index (χ4n) is 4.14. The van der Waals surface area contributed by atoms with Crippen molar-refractivity contribution in [2.24, 2.45) is 7.05 Å². The van der Waals surface area contributed by atoms with Gasteiger partial charge in [0.15, 0.2) is 0 Å². The van der Waals surface area contributed by atoms with Gasteiger partial charge in [0, 0.05) is 30.8 Å². The monoisotopic (exact) mass is 401 g/mol. The van der Waals surface area contributed by atoms with Crippen molar-refractivity contribution >= 4 is 12.2 Å². The van der Waals surface area contributed by atoms with Crippen LogP contribution in [0.25, 0.3) is 17.2 Å². The number of hydrogen-bond donors (Lipinski definition) is 1. The number of nitrogens with one attached hydrogen (secondary N) is 1. The summed E-state index contributed by atoms with van der Waals surface area (Å²) in [6, 6.07) is 16.7. The summed E-state index contributed by atoms with van der Waals surface area (Å²) in [5, 5.41) is 7.25. The van der Waals surface area contributed by atoms with Crippen LogP contribution < -0.4 is 5.32 Å². The van der Waals surface area contributed by atoms with E-state index in [2.05, 4.69) is 53.8 Å². The van der Waals surface area contributed by atoms with Gasteiger partial charge in [-0.25, -0.2) is 4.79 Å². The summed E-state index contributed by atoms with van der Waals surface area (Å²) in [5.41, 5.74) is 8.18. The Morgan fingerprint density at radius 1 is 1.10 bits per heavy atom. The summed E-state index contributed by atoms with van der Waals surface area (Å²) >= 11 is 0. The highest BCUT2D eigenvalue weighted by Gasteiger charge is 2.28. The zero-order valence-electron chi connectivity index (χ0n) is 17.7. The van der Waals surface area contributed by atoms with E-state index in [0.29, 0.717) is 13.2 Å². The van der Waals surface area contributed by atoms with E-state index < -0.39 is 0 Å². The third-order valence-electron chi connectivity index (χ3n) is 5.77. The normalized spacial score (nSPS) is 12.8. The summed E-state index contributed by atoms with van der Waals surface area (Å²) < 4.78 is 7.44. The van der Waals surface area contributed by atoms with Crippen molar-refractivity contribution in [3.63, 3.8) is 0 Å². The van der Waals surface area contributed by atoms with Crippen LogP contribution in [-0.4, -0.2) is 29.0 Å². The summed E-state index contributed by atoms with van der Waals surface area (Å²) in [7, 11) is 1.94. The lowest BCUT2D eigenvalue weighted by Gasteiger charge is -2.14. The Labute approximate surface area is 177 Å². The number of aryl methyl sites for hydroxylation is 2. The molecular weight excluding hydrogens is 374 g/mol. The second-order valence-corrected chi connectivity index (χ2v) is 7.65. The molecule has 0 saturated carbocycles. The highest BCUT2D eigenvalue weighted by Crippen LogP contribution is 2.44. The van der Waals surface area contributed by atoms with E-state index in [9.17, 15) is 4.79 Å². The molecule has 5 nitrogen and oxygen atoms in total. The lowest BCUT2D eigenvalue weighted by Crippen LogP contribution is -2.26. The molecule has 2 aromatic carbocycles. The van der Waals surface area contributed by atoms with Gasteiger partial charge in [0.05, 0.1) is 5.69 Å². The molecule has 5 heteroatoms. The van der Waals surface area contributed by atoms with Crippen molar-refractivity contribution in [2.45, 2.75) is 26.2 Å². The number of alkyl carbamates (subject to hydrolysis) is 1. The van der Waals surface area contributed by atoms with Gasteiger partial charge in [-0.15, -0.1) is 0 Å². The molecule has 0 fully saturated rings. The van der Waals surface area contributed by atoms with Gasteiger partial charge in [-0.05, 0) is 42.5 Å². The minimum absolute atomic E-state index is 0.0829. The molecule has 0 bridgehead atoms. The summed E-state index contributed by atoms with van der Waals surface area (Å²) in [6.07, 6.45) is 4.48. The number of nitrogens with zero attached hydrogens (tertiary/aromatic N) is 2. The van der Waals surface area contributed by atoms with E-state index >= 15 is 0 Å². The second kappa shape index (κ2) is 8.57. The number of fused-ring (bicyclic) bond motifs is 3. The standard InChI is InChI=1S/C25H27N3O2/c1-17-19(18(2)28(3)27-17)10-8-9-15-26-25(29)30-16-24-22-13-6-4-11-20(22)21-12-5-7-14-23(21)24/h4-8,10-14,24H,9,15-16H2,1-3H3,(H,26,29). The zero-order valence-corrected chi connectivity index (χ0v) is 17.7. The van der Waals surface area contributed by atoms with Crippen molar-refractivity contribution in [2.75, 3.05) is 13.2 Å². The Kier molecular flexibility index (Phi) is 5.70. The largest absolute Gasteiger partial charge is 0.449 e. The molecule has 1 N–H and O–H groups in total. The van der Waals surface area contributed by atoms with Crippen LogP contribution in [0.15, 0.2) is 54.6 Å². The number of carbonyl (C=O) groups excluding carboxylic acids is 1. The fraction of sp³-hybridized carbons (Fsp3) is 0.280. The third-order valence-corrected chi connectivity index (χ3v) is 5.77. The fourth-order valence-corrected chi connectivity index (χ4v) is 4.14. The molecule has 1 heterocycles. The first kappa shape index (κ1) is 20.0. The highest BCUT2D eigenvalue weighted by molar-refractivity contribution is 5.79. The van der Waals surface area contributed by atoms with Gasteiger partial charge in [-0.1, -0.05) is 60.7 Å². The van der Waals surface area contributed by atoms with Gasteiger partial charge in [0.25, 0.3) is 0 Å². The molecule has 0 spiro atoms. The van der Waals surface area contributed by atoms with Crippen LogP contribution in [0.1, 0.15) is 40.4 Å². The van der Waals surface area contributed by atoms with E-state index in [1.807, 2.05) is 42.9 Å². The SMILES string of the molecule is Cc1nn(C)c(C)c1C=CCCNC(=O)OCC1c2ccccc2-c2ccccc21. The number of benzene rings is 2. The van der Waals surface area contributed by atoms with E-state index in [-0.39, 0.29) is 12.0 Å². The Morgan fingerprint density at radius 2 is 1.73 bits per heavy atom. The van der Waals surface area contributed by atoms with Crippen molar-refractivity contribution < 1.29 is 9.53 Å². The van der Waals surface area contributed by atoms with Crippen LogP contribution in [0, 0.1) is 13.8 Å². The van der Waals surface area contributed by atoms with Gasteiger partial charge in [-0.2, -0.15) is 5.10 Å². The molecule has 3 aromatic rings. The first-order valence-electron chi connectivity index (χ1n) is 10.3. The predicted molar refractivity (Wildman–Crippen MR) is 119 cm³/mol. The van der Waals surface area contributed by atoms with Crippen molar-refractivity contribution in [3.05, 3.63) is 82.7 Å². The first-order chi connectivity index (χ1) is 14.6. The molecule has 1 aliphatic carbocycles. The predicted octanol–water partition coefficient (Wildman–Crippen LogP) is 4.98. The van der Waals surface area contributed by atoms with Gasteiger partial charge in [0.1, 0.15) is 6.61 Å². The molecule has 0 atom stereocenters. The quantitative estimate of drug-likeness (QED) is 0.593. The molecule has 30 heavy (non-hydrogen) atoms. The summed E-state index contributed by atoms with van der Waals surface area (Å²) in [4.78, 5) is 12.2. The summed E-state index contributed by atoms with van der Waals surface area (Å²) in [5.74, 6) is 0.0829. The molecule has 1 aliphatic rings. The highest BCUT2D eigenvalue weighted by atomic mass is 16.5. The maximum Gasteiger partial charge on any atom is 0.407 e. The smallest absolute Gasteiger partial charge is 0.407 e. The van der Waals surface area contributed by atoms with Crippen molar-refractivity contribution in [1.29, 1.82) is 0 Å². The van der Waals surface area contributed by atoms with E-state index in [1.165, 1.54) is 22.3 Å². The van der Waals surface area contributed by atoms with Crippen LogP contribution in [0.2, 0.25) is 0 Å². The lowest BCUT2D eigenvalue weighted by molar-refractivity contribution is 0.143. The molecule has 1 aromatic heterocycles. The van der Waals surface area contributed by atoms with Gasteiger partial charge in [-0.3, -0.25) is 4.68 Å². The number of amides is 1. The minimum Gasteiger partial charge on any atom is -0.449 e. The number of hydrogen-bond acceptors (Lipinski definition) is 3. The van der Waals surface area contributed by atoms with Crippen molar-refractivity contribution in [1.82, 2.24) is 15.1 Å². The van der Waals surface area contributed by atoms with E-state index in [4.69, 9.17) is 4.74 Å². The molecule has 0 aliphatic heterocycles. The molecule has 0 unspecified atom stereocenters. The van der Waals surface area contributed by atoms with Gasteiger partial charge in [0.2, 0.25) is 0 Å². The number of carbonyl (C=O) groups is 1. The van der Waals surface area contributed by atoms with Crippen LogP contribution in [0.3, 0.4) is 0 Å². The average molecular weight is 402 g/mol. The molecule has 0 saturated heterocycles. The van der Waals surface area contributed by atoms with Crippen LogP contribution in [-0.2, 0) is 11.8 Å². The minimum atomic E-state index is -0.376. The zero-order chi connectivity index (χ0) is 21.1. The Hall–Kier alpha value is -3.34. The summed E-state index contributed by atoms with van der Waals surface area (Å²) in [6.45, 7) is 4.92. The number of aromatic nitrogens is 2. The van der Waals surface area contributed by atoms with Gasteiger partial charge < -0.3 is 10.1 Å².